The molecular weight excluding hydrogens is 368 g/mol. The van der Waals surface area contributed by atoms with Crippen molar-refractivity contribution in [2.45, 2.75) is 83.8 Å². The van der Waals surface area contributed by atoms with Crippen LogP contribution in [0.5, 0.6) is 0 Å². The summed E-state index contributed by atoms with van der Waals surface area (Å²) in [4.78, 5) is 0. The van der Waals surface area contributed by atoms with Crippen LogP contribution in [0.15, 0.2) is 59.8 Å². The third-order valence-electron chi connectivity index (χ3n) is 8.65. The molecule has 0 heterocycles. The summed E-state index contributed by atoms with van der Waals surface area (Å²) in [5.41, 5.74) is 5.07. The number of aliphatic hydroxyl groups excluding tert-OH is 2. The molecule has 0 amide bonds. The van der Waals surface area contributed by atoms with Crippen molar-refractivity contribution >= 4 is 0 Å². The average molecular weight is 409 g/mol. The average Bonchev–Trinajstić information content (AvgIpc) is 3.49. The molecule has 0 aromatic heterocycles. The van der Waals surface area contributed by atoms with E-state index in [2.05, 4.69) is 51.3 Å². The molecule has 0 aromatic rings. The molecule has 0 aliphatic heterocycles. The van der Waals surface area contributed by atoms with E-state index in [1.807, 2.05) is 0 Å². The van der Waals surface area contributed by atoms with Crippen molar-refractivity contribution in [1.82, 2.24) is 0 Å². The summed E-state index contributed by atoms with van der Waals surface area (Å²) in [5.74, 6) is 2.73. The van der Waals surface area contributed by atoms with E-state index in [1.54, 1.807) is 5.57 Å². The molecule has 0 spiro atoms. The van der Waals surface area contributed by atoms with E-state index in [0.29, 0.717) is 30.1 Å². The Labute approximate surface area is 183 Å². The van der Waals surface area contributed by atoms with Gasteiger partial charge in [0.1, 0.15) is 0 Å². The van der Waals surface area contributed by atoms with Gasteiger partial charge in [0.15, 0.2) is 0 Å². The fraction of sp³-hybridized carbons (Fsp3) is 0.643. The van der Waals surface area contributed by atoms with E-state index >= 15 is 0 Å². The van der Waals surface area contributed by atoms with Crippen molar-refractivity contribution < 1.29 is 10.2 Å². The molecular formula is C28H40O2. The zero-order valence-corrected chi connectivity index (χ0v) is 18.9. The van der Waals surface area contributed by atoms with Crippen LogP contribution >= 0.6 is 0 Å². The van der Waals surface area contributed by atoms with Gasteiger partial charge in [-0.15, -0.1) is 0 Å². The Balaban J connectivity index is 1.49. The van der Waals surface area contributed by atoms with Crippen LogP contribution in [-0.2, 0) is 0 Å². The zero-order chi connectivity index (χ0) is 21.5. The van der Waals surface area contributed by atoms with E-state index in [-0.39, 0.29) is 0 Å². The number of allylic oxidation sites excluding steroid dienone is 6. The minimum Gasteiger partial charge on any atom is -0.393 e. The summed E-state index contributed by atoms with van der Waals surface area (Å²) < 4.78 is 0. The van der Waals surface area contributed by atoms with Gasteiger partial charge in [0.05, 0.1) is 12.2 Å². The van der Waals surface area contributed by atoms with E-state index in [4.69, 9.17) is 0 Å². The van der Waals surface area contributed by atoms with Gasteiger partial charge in [-0.05, 0) is 91.6 Å². The van der Waals surface area contributed by atoms with Crippen LogP contribution in [0.1, 0.15) is 71.6 Å². The Hall–Kier alpha value is -1.38. The summed E-state index contributed by atoms with van der Waals surface area (Å²) in [6.07, 6.45) is 18.2. The highest BCUT2D eigenvalue weighted by Crippen LogP contribution is 2.59. The molecule has 0 unspecified atom stereocenters. The Morgan fingerprint density at radius 2 is 1.93 bits per heavy atom. The van der Waals surface area contributed by atoms with Gasteiger partial charge in [0, 0.05) is 6.42 Å². The number of aliphatic hydroxyl groups is 2. The largest absolute Gasteiger partial charge is 0.393 e. The molecule has 4 saturated carbocycles. The Kier molecular flexibility index (Phi) is 6.28. The lowest BCUT2D eigenvalue weighted by Gasteiger charge is -2.44. The summed E-state index contributed by atoms with van der Waals surface area (Å²) in [5, 5.41) is 20.2. The highest BCUT2D eigenvalue weighted by Gasteiger charge is 2.50. The van der Waals surface area contributed by atoms with Crippen molar-refractivity contribution in [2.75, 3.05) is 0 Å². The molecule has 30 heavy (non-hydrogen) atoms. The molecule has 0 radical (unpaired) electrons. The first-order chi connectivity index (χ1) is 14.3. The first-order valence-corrected chi connectivity index (χ1v) is 12.1. The minimum absolute atomic E-state index is 0.371. The van der Waals surface area contributed by atoms with Crippen molar-refractivity contribution in [3.63, 3.8) is 0 Å². The molecule has 2 nitrogen and oxygen atoms in total. The normalized spacial score (nSPS) is 40.9. The molecule has 0 saturated heterocycles. The van der Waals surface area contributed by atoms with Gasteiger partial charge in [-0.1, -0.05) is 62.5 Å². The van der Waals surface area contributed by atoms with Gasteiger partial charge in [-0.2, -0.15) is 0 Å². The lowest BCUT2D eigenvalue weighted by molar-refractivity contribution is 0.0862. The quantitative estimate of drug-likeness (QED) is 0.525. The van der Waals surface area contributed by atoms with Crippen molar-refractivity contribution in [3.8, 4) is 0 Å². The molecule has 2 heteroatoms. The first-order valence-electron chi connectivity index (χ1n) is 12.1. The van der Waals surface area contributed by atoms with Crippen molar-refractivity contribution in [3.05, 3.63) is 59.8 Å². The molecule has 4 fully saturated rings. The van der Waals surface area contributed by atoms with Crippen LogP contribution in [-0.4, -0.2) is 22.4 Å². The van der Waals surface area contributed by atoms with Crippen molar-refractivity contribution in [2.24, 2.45) is 29.1 Å². The smallest absolute Gasteiger partial charge is 0.0811 e. The highest BCUT2D eigenvalue weighted by atomic mass is 16.3. The topological polar surface area (TPSA) is 40.5 Å². The van der Waals surface area contributed by atoms with Gasteiger partial charge in [-0.25, -0.2) is 0 Å². The second kappa shape index (κ2) is 8.63. The molecule has 4 aliphatic carbocycles. The van der Waals surface area contributed by atoms with Crippen LogP contribution in [0.4, 0.5) is 0 Å². The summed E-state index contributed by atoms with van der Waals surface area (Å²) in [6, 6.07) is 0. The standard InChI is InChI=1S/C28H40O2/c1-18(21-9-10-21)7-8-19(2)25-13-14-26-22(6-5-15-28(25,26)4)11-12-23-16-24(29)17-27(30)20(23)3/h7-8,11-12,19,21,24-27,29-30H,1,3,5-6,9-10,13-17H2,2,4H3/b8-7+,22-11+,23-12-/t19-,24-,25-,26+,27+,28-/m1/s1. The number of fused-ring (bicyclic) bond motifs is 1. The van der Waals surface area contributed by atoms with Crippen LogP contribution in [0.2, 0.25) is 0 Å². The maximum Gasteiger partial charge on any atom is 0.0811 e. The Morgan fingerprint density at radius 1 is 1.17 bits per heavy atom. The third kappa shape index (κ3) is 4.32. The molecule has 2 N–H and O–H groups in total. The fourth-order valence-electron chi connectivity index (χ4n) is 6.61. The number of hydrogen-bond donors (Lipinski definition) is 2. The van der Waals surface area contributed by atoms with Gasteiger partial charge in [0.25, 0.3) is 0 Å². The first kappa shape index (κ1) is 21.8. The Bertz CT molecular complexity index is 780. The third-order valence-corrected chi connectivity index (χ3v) is 8.65. The lowest BCUT2D eigenvalue weighted by Crippen LogP contribution is -2.35. The molecule has 6 atom stereocenters. The van der Waals surface area contributed by atoms with Crippen LogP contribution in [0, 0.1) is 29.1 Å². The summed E-state index contributed by atoms with van der Waals surface area (Å²) >= 11 is 0. The predicted molar refractivity (Wildman–Crippen MR) is 125 cm³/mol. The SMILES string of the molecule is C=C(/C=C/[C@@H](C)[C@H]1CC[C@H]2/C(=C/C=C3/C[C@@H](O)C[C@H](O)C3=C)CCC[C@]12C)C1CC1. The number of rotatable bonds is 5. The molecule has 4 aliphatic rings. The second-order valence-electron chi connectivity index (χ2n) is 10.7. The molecule has 0 aromatic carbocycles. The maximum atomic E-state index is 10.1. The minimum atomic E-state index is -0.607. The fourth-order valence-corrected chi connectivity index (χ4v) is 6.61. The van der Waals surface area contributed by atoms with E-state index < -0.39 is 12.2 Å². The monoisotopic (exact) mass is 408 g/mol. The van der Waals surface area contributed by atoms with Crippen molar-refractivity contribution in [1.29, 1.82) is 0 Å². The van der Waals surface area contributed by atoms with E-state index in [1.165, 1.54) is 50.5 Å². The number of hydrogen-bond acceptors (Lipinski definition) is 2. The van der Waals surface area contributed by atoms with Crippen LogP contribution in [0.3, 0.4) is 0 Å². The summed E-state index contributed by atoms with van der Waals surface area (Å²) in [7, 11) is 0. The van der Waals surface area contributed by atoms with Gasteiger partial charge in [-0.3, -0.25) is 0 Å². The van der Waals surface area contributed by atoms with E-state index in [0.717, 1.165) is 23.0 Å². The predicted octanol–water partition coefficient (Wildman–Crippen LogP) is 6.29. The second-order valence-corrected chi connectivity index (χ2v) is 10.7. The molecule has 0 bridgehead atoms. The van der Waals surface area contributed by atoms with E-state index in [9.17, 15) is 10.2 Å². The van der Waals surface area contributed by atoms with Crippen LogP contribution < -0.4 is 0 Å². The van der Waals surface area contributed by atoms with Gasteiger partial charge < -0.3 is 10.2 Å². The summed E-state index contributed by atoms with van der Waals surface area (Å²) in [6.45, 7) is 13.3. The molecule has 164 valence electrons. The van der Waals surface area contributed by atoms with Gasteiger partial charge >= 0.3 is 0 Å². The lowest BCUT2D eigenvalue weighted by atomic mass is 9.61. The van der Waals surface area contributed by atoms with Crippen LogP contribution in [0.25, 0.3) is 0 Å². The maximum absolute atomic E-state index is 10.1. The Morgan fingerprint density at radius 3 is 2.67 bits per heavy atom. The molecule has 4 rings (SSSR count). The highest BCUT2D eigenvalue weighted by molar-refractivity contribution is 5.38. The van der Waals surface area contributed by atoms with Gasteiger partial charge in [0.2, 0.25) is 0 Å². The zero-order valence-electron chi connectivity index (χ0n) is 18.9.